The fraction of sp³-hybridized carbons (Fsp3) is 0.605. The van der Waals surface area contributed by atoms with Crippen molar-refractivity contribution in [1.82, 2.24) is 0 Å². The predicted octanol–water partition coefficient (Wildman–Crippen LogP) is 11.2. The van der Waals surface area contributed by atoms with Crippen molar-refractivity contribution in [2.24, 2.45) is 11.8 Å². The zero-order valence-corrected chi connectivity index (χ0v) is 25.6. The summed E-state index contributed by atoms with van der Waals surface area (Å²) in [5, 5.41) is 0. The fourth-order valence-electron chi connectivity index (χ4n) is 7.43. The lowest BCUT2D eigenvalue weighted by Gasteiger charge is -2.42. The summed E-state index contributed by atoms with van der Waals surface area (Å²) in [5.74, 6) is 1.98. The number of fused-ring (bicyclic) bond motifs is 1. The van der Waals surface area contributed by atoms with Crippen molar-refractivity contribution >= 4 is 0 Å². The first-order chi connectivity index (χ1) is 18.1. The lowest BCUT2D eigenvalue weighted by atomic mass is 9.62. The first-order valence-corrected chi connectivity index (χ1v) is 15.7. The van der Waals surface area contributed by atoms with Crippen molar-refractivity contribution in [2.45, 2.75) is 136 Å². The van der Waals surface area contributed by atoms with Gasteiger partial charge in [-0.2, -0.15) is 0 Å². The van der Waals surface area contributed by atoms with Crippen LogP contribution in [-0.2, 0) is 17.3 Å². The molecule has 4 rings (SSSR count). The number of allylic oxidation sites excluding steroid dienone is 6. The SMILES string of the molecule is C=C=C(CCCCCC1CCCC(CC)C1)C1=CC=C(Cc2cc3c(cc2C)C(C)(C)CCC3(C)C)C1=C. The molecule has 0 saturated heterocycles. The largest absolute Gasteiger partial charge is 0.125 e. The lowest BCUT2D eigenvalue weighted by molar-refractivity contribution is 0.245. The van der Waals surface area contributed by atoms with E-state index >= 15 is 0 Å². The summed E-state index contributed by atoms with van der Waals surface area (Å²) in [6.45, 7) is 23.0. The molecule has 0 aliphatic heterocycles. The minimum Gasteiger partial charge on any atom is -0.125 e. The van der Waals surface area contributed by atoms with Crippen LogP contribution in [-0.4, -0.2) is 0 Å². The van der Waals surface area contributed by atoms with Crippen molar-refractivity contribution < 1.29 is 0 Å². The first-order valence-electron chi connectivity index (χ1n) is 15.7. The second-order valence-electron chi connectivity index (χ2n) is 14.1. The first kappa shape index (κ1) is 29.0. The van der Waals surface area contributed by atoms with Crippen molar-refractivity contribution in [3.63, 3.8) is 0 Å². The van der Waals surface area contributed by atoms with Crippen LogP contribution >= 0.6 is 0 Å². The van der Waals surface area contributed by atoms with Gasteiger partial charge in [0.05, 0.1) is 0 Å². The Morgan fingerprint density at radius 1 is 0.947 bits per heavy atom. The summed E-state index contributed by atoms with van der Waals surface area (Å²) in [6.07, 6.45) is 21.7. The molecular weight excluding hydrogens is 456 g/mol. The molecule has 0 spiro atoms. The van der Waals surface area contributed by atoms with E-state index < -0.39 is 0 Å². The van der Waals surface area contributed by atoms with Gasteiger partial charge in [0, 0.05) is 5.57 Å². The Kier molecular flexibility index (Phi) is 9.15. The minimum atomic E-state index is 0.241. The number of rotatable bonds is 10. The van der Waals surface area contributed by atoms with Crippen LogP contribution in [0.2, 0.25) is 0 Å². The van der Waals surface area contributed by atoms with E-state index in [1.807, 2.05) is 0 Å². The third-order valence-corrected chi connectivity index (χ3v) is 10.4. The highest BCUT2D eigenvalue weighted by atomic mass is 14.4. The van der Waals surface area contributed by atoms with Crippen molar-refractivity contribution in [2.75, 3.05) is 0 Å². The van der Waals surface area contributed by atoms with Crippen molar-refractivity contribution in [3.8, 4) is 0 Å². The van der Waals surface area contributed by atoms with Gasteiger partial charge in [0.1, 0.15) is 0 Å². The third kappa shape index (κ3) is 6.39. The van der Waals surface area contributed by atoms with E-state index in [4.69, 9.17) is 0 Å². The van der Waals surface area contributed by atoms with Crippen LogP contribution in [0.25, 0.3) is 0 Å². The molecule has 0 radical (unpaired) electrons. The molecule has 1 aromatic rings. The topological polar surface area (TPSA) is 0 Å². The zero-order chi connectivity index (χ0) is 27.5. The van der Waals surface area contributed by atoms with Gasteiger partial charge in [0.25, 0.3) is 0 Å². The Labute approximate surface area is 235 Å². The third-order valence-electron chi connectivity index (χ3n) is 10.4. The van der Waals surface area contributed by atoms with E-state index in [0.717, 1.165) is 24.7 Å². The second-order valence-corrected chi connectivity index (χ2v) is 14.1. The smallest absolute Gasteiger partial charge is 0.00117 e. The van der Waals surface area contributed by atoms with Gasteiger partial charge in [0.15, 0.2) is 0 Å². The molecule has 2 unspecified atom stereocenters. The Bertz CT molecular complexity index is 1140. The number of hydrogen-bond donors (Lipinski definition) is 0. The molecule has 0 aromatic heterocycles. The molecule has 1 aromatic carbocycles. The summed E-state index contributed by atoms with van der Waals surface area (Å²) >= 11 is 0. The molecule has 2 atom stereocenters. The average molecular weight is 511 g/mol. The summed E-state index contributed by atoms with van der Waals surface area (Å²) in [4.78, 5) is 0. The molecule has 206 valence electrons. The summed E-state index contributed by atoms with van der Waals surface area (Å²) in [5.41, 5.74) is 14.8. The maximum atomic E-state index is 4.55. The van der Waals surface area contributed by atoms with E-state index in [9.17, 15) is 0 Å². The maximum absolute atomic E-state index is 4.55. The molecule has 0 amide bonds. The van der Waals surface area contributed by atoms with Crippen LogP contribution in [0.5, 0.6) is 0 Å². The molecule has 3 aliphatic carbocycles. The normalized spacial score (nSPS) is 23.9. The van der Waals surface area contributed by atoms with Gasteiger partial charge in [0.2, 0.25) is 0 Å². The van der Waals surface area contributed by atoms with E-state index in [1.165, 1.54) is 104 Å². The quantitative estimate of drug-likeness (QED) is 0.217. The molecule has 38 heavy (non-hydrogen) atoms. The molecule has 1 fully saturated rings. The van der Waals surface area contributed by atoms with Crippen LogP contribution in [0.4, 0.5) is 0 Å². The molecule has 0 heterocycles. The van der Waals surface area contributed by atoms with Gasteiger partial charge in [-0.15, -0.1) is 5.73 Å². The fourth-order valence-corrected chi connectivity index (χ4v) is 7.43. The highest BCUT2D eigenvalue weighted by molar-refractivity contribution is 5.62. The highest BCUT2D eigenvalue weighted by Gasteiger charge is 2.37. The molecular formula is C38H54. The van der Waals surface area contributed by atoms with E-state index in [2.05, 4.69) is 84.7 Å². The predicted molar refractivity (Wildman–Crippen MR) is 167 cm³/mol. The lowest BCUT2D eigenvalue weighted by Crippen LogP contribution is -2.34. The monoisotopic (exact) mass is 510 g/mol. The Hall–Kier alpha value is -2.04. The highest BCUT2D eigenvalue weighted by Crippen LogP contribution is 2.47. The average Bonchev–Trinajstić information content (AvgIpc) is 3.25. The van der Waals surface area contributed by atoms with E-state index in [-0.39, 0.29) is 10.8 Å². The standard InChI is InChI=1S/C38H54/c1-9-29-16-14-17-30(24-29)15-12-11-13-18-31(10-2)34-20-19-32(28(34)4)25-33-26-36-35(23-27(33)3)37(5,6)21-22-38(36,7)8/h19-20,23,26,29-30H,2,4,9,11-18,21-22,24-25H2,1,3,5-8H3. The van der Waals surface area contributed by atoms with Crippen LogP contribution in [0, 0.1) is 18.8 Å². The Morgan fingerprint density at radius 2 is 1.63 bits per heavy atom. The maximum Gasteiger partial charge on any atom is 0.00117 e. The number of aryl methyl sites for hydroxylation is 1. The van der Waals surface area contributed by atoms with Gasteiger partial charge in [-0.3, -0.25) is 0 Å². The zero-order valence-electron chi connectivity index (χ0n) is 25.6. The van der Waals surface area contributed by atoms with Gasteiger partial charge in [-0.1, -0.05) is 117 Å². The number of benzene rings is 1. The van der Waals surface area contributed by atoms with Gasteiger partial charge >= 0.3 is 0 Å². The Morgan fingerprint density at radius 3 is 2.32 bits per heavy atom. The van der Waals surface area contributed by atoms with E-state index in [1.54, 1.807) is 11.1 Å². The summed E-state index contributed by atoms with van der Waals surface area (Å²) < 4.78 is 0. The molecule has 1 saturated carbocycles. The van der Waals surface area contributed by atoms with Crippen LogP contribution < -0.4 is 0 Å². The molecule has 0 nitrogen and oxygen atoms in total. The summed E-state index contributed by atoms with van der Waals surface area (Å²) in [6, 6.07) is 5.01. The molecule has 0 bridgehead atoms. The van der Waals surface area contributed by atoms with Crippen molar-refractivity contribution in [3.05, 3.63) is 87.7 Å². The number of unbranched alkanes of at least 4 members (excludes halogenated alkanes) is 2. The van der Waals surface area contributed by atoms with E-state index in [0.29, 0.717) is 0 Å². The van der Waals surface area contributed by atoms with Crippen LogP contribution in [0.15, 0.2) is 65.5 Å². The van der Waals surface area contributed by atoms with Gasteiger partial charge in [-0.05, 0) is 107 Å². The van der Waals surface area contributed by atoms with Crippen molar-refractivity contribution in [1.29, 1.82) is 0 Å². The van der Waals surface area contributed by atoms with Crippen LogP contribution in [0.1, 0.15) is 134 Å². The molecule has 0 heteroatoms. The van der Waals surface area contributed by atoms with Gasteiger partial charge in [-0.25, -0.2) is 0 Å². The number of hydrogen-bond acceptors (Lipinski definition) is 0. The minimum absolute atomic E-state index is 0.241. The molecule has 0 N–H and O–H groups in total. The molecule has 3 aliphatic rings. The second kappa shape index (κ2) is 12.0. The summed E-state index contributed by atoms with van der Waals surface area (Å²) in [7, 11) is 0. The van der Waals surface area contributed by atoms with Crippen LogP contribution in [0.3, 0.4) is 0 Å². The van der Waals surface area contributed by atoms with Gasteiger partial charge < -0.3 is 0 Å². The Balaban J connectivity index is 1.32.